The van der Waals surface area contributed by atoms with E-state index in [4.69, 9.17) is 4.74 Å². The molecule has 2 aliphatic heterocycles. The number of β-amino-alcohol motifs (C(OH)–C–C–N with tert-alkyl or cyclic N) is 1. The number of ether oxygens (including phenoxy) is 1. The minimum absolute atomic E-state index is 0.366. The highest BCUT2D eigenvalue weighted by atomic mass is 16.5. The second kappa shape index (κ2) is 3.32. The summed E-state index contributed by atoms with van der Waals surface area (Å²) in [4.78, 5) is 0. The van der Waals surface area contributed by atoms with Gasteiger partial charge < -0.3 is 15.2 Å². The van der Waals surface area contributed by atoms with Crippen LogP contribution in [0.15, 0.2) is 0 Å². The molecule has 3 nitrogen and oxygen atoms in total. The highest BCUT2D eigenvalue weighted by molar-refractivity contribution is 4.92. The van der Waals surface area contributed by atoms with E-state index < -0.39 is 5.60 Å². The van der Waals surface area contributed by atoms with Gasteiger partial charge >= 0.3 is 0 Å². The molecule has 2 unspecified atom stereocenters. The van der Waals surface area contributed by atoms with Gasteiger partial charge in [0, 0.05) is 19.1 Å². The van der Waals surface area contributed by atoms with Gasteiger partial charge in [-0.2, -0.15) is 0 Å². The van der Waals surface area contributed by atoms with Crippen LogP contribution in [0, 0.1) is 5.92 Å². The number of hydrogen-bond acceptors (Lipinski definition) is 3. The molecule has 0 bridgehead atoms. The number of rotatable bonds is 1. The summed E-state index contributed by atoms with van der Waals surface area (Å²) >= 11 is 0. The lowest BCUT2D eigenvalue weighted by atomic mass is 9.81. The molecule has 2 heterocycles. The van der Waals surface area contributed by atoms with E-state index in [0.717, 1.165) is 45.6 Å². The van der Waals surface area contributed by atoms with Gasteiger partial charge in [0.1, 0.15) is 0 Å². The minimum atomic E-state index is -0.477. The molecule has 2 fully saturated rings. The van der Waals surface area contributed by atoms with Crippen molar-refractivity contribution < 1.29 is 9.84 Å². The SMILES string of the molecule is OC1(C2CCOC2)CCCNC1. The van der Waals surface area contributed by atoms with Gasteiger partial charge in [0.2, 0.25) is 0 Å². The third-order valence-electron chi connectivity index (χ3n) is 3.08. The van der Waals surface area contributed by atoms with E-state index in [-0.39, 0.29) is 0 Å². The van der Waals surface area contributed by atoms with Gasteiger partial charge in [-0.1, -0.05) is 0 Å². The molecule has 0 saturated carbocycles. The van der Waals surface area contributed by atoms with Crippen LogP contribution in [0.3, 0.4) is 0 Å². The molecule has 2 N–H and O–H groups in total. The highest BCUT2D eigenvalue weighted by Crippen LogP contribution is 2.30. The normalized spacial score (nSPS) is 43.2. The number of aliphatic hydroxyl groups is 1. The van der Waals surface area contributed by atoms with Crippen LogP contribution < -0.4 is 5.32 Å². The zero-order valence-electron chi connectivity index (χ0n) is 7.38. The first kappa shape index (κ1) is 8.48. The van der Waals surface area contributed by atoms with E-state index in [2.05, 4.69) is 5.32 Å². The van der Waals surface area contributed by atoms with Crippen molar-refractivity contribution >= 4 is 0 Å². The molecule has 0 aliphatic carbocycles. The molecule has 0 aromatic rings. The van der Waals surface area contributed by atoms with Crippen LogP contribution >= 0.6 is 0 Å². The van der Waals surface area contributed by atoms with Crippen LogP contribution in [0.2, 0.25) is 0 Å². The molecular weight excluding hydrogens is 154 g/mol. The maximum atomic E-state index is 10.2. The van der Waals surface area contributed by atoms with Crippen LogP contribution in [0.25, 0.3) is 0 Å². The molecule has 2 aliphatic rings. The van der Waals surface area contributed by atoms with Crippen molar-refractivity contribution in [2.75, 3.05) is 26.3 Å². The van der Waals surface area contributed by atoms with Gasteiger partial charge in [-0.3, -0.25) is 0 Å². The summed E-state index contributed by atoms with van der Waals surface area (Å²) in [7, 11) is 0. The average molecular weight is 171 g/mol. The van der Waals surface area contributed by atoms with Crippen molar-refractivity contribution in [3.8, 4) is 0 Å². The summed E-state index contributed by atoms with van der Waals surface area (Å²) in [6, 6.07) is 0. The summed E-state index contributed by atoms with van der Waals surface area (Å²) in [5, 5.41) is 13.5. The van der Waals surface area contributed by atoms with Gasteiger partial charge in [-0.25, -0.2) is 0 Å². The van der Waals surface area contributed by atoms with E-state index in [1.165, 1.54) is 0 Å². The standard InChI is InChI=1S/C9H17NO2/c11-9(3-1-4-10-7-9)8-2-5-12-6-8/h8,10-11H,1-7H2. The Morgan fingerprint density at radius 1 is 1.50 bits per heavy atom. The number of nitrogens with one attached hydrogen (secondary N) is 1. The van der Waals surface area contributed by atoms with Crippen molar-refractivity contribution in [3.63, 3.8) is 0 Å². The molecule has 2 atom stereocenters. The van der Waals surface area contributed by atoms with Crippen molar-refractivity contribution in [2.24, 2.45) is 5.92 Å². The molecule has 3 heteroatoms. The molecular formula is C9H17NO2. The van der Waals surface area contributed by atoms with Crippen molar-refractivity contribution in [1.29, 1.82) is 0 Å². The second-order valence-electron chi connectivity index (χ2n) is 3.94. The fourth-order valence-electron chi connectivity index (χ4n) is 2.22. The van der Waals surface area contributed by atoms with Gasteiger partial charge in [0.15, 0.2) is 0 Å². The quantitative estimate of drug-likeness (QED) is 0.589. The molecule has 2 saturated heterocycles. The maximum absolute atomic E-state index is 10.2. The molecule has 0 aromatic carbocycles. The Balaban J connectivity index is 1.97. The predicted molar refractivity (Wildman–Crippen MR) is 46.0 cm³/mol. The average Bonchev–Trinajstić information content (AvgIpc) is 2.58. The van der Waals surface area contributed by atoms with Crippen molar-refractivity contribution in [3.05, 3.63) is 0 Å². The topological polar surface area (TPSA) is 41.5 Å². The van der Waals surface area contributed by atoms with Crippen LogP contribution in [-0.4, -0.2) is 37.0 Å². The Morgan fingerprint density at radius 2 is 2.42 bits per heavy atom. The molecule has 70 valence electrons. The van der Waals surface area contributed by atoms with Gasteiger partial charge in [0.25, 0.3) is 0 Å². The van der Waals surface area contributed by atoms with Crippen molar-refractivity contribution in [1.82, 2.24) is 5.32 Å². The maximum Gasteiger partial charge on any atom is 0.0822 e. The first-order chi connectivity index (χ1) is 5.81. The monoisotopic (exact) mass is 171 g/mol. The van der Waals surface area contributed by atoms with Crippen LogP contribution in [0.4, 0.5) is 0 Å². The zero-order valence-corrected chi connectivity index (χ0v) is 7.38. The van der Waals surface area contributed by atoms with E-state index >= 15 is 0 Å². The van der Waals surface area contributed by atoms with Crippen LogP contribution in [-0.2, 0) is 4.74 Å². The van der Waals surface area contributed by atoms with Gasteiger partial charge in [-0.05, 0) is 25.8 Å². The Labute approximate surface area is 73.1 Å². The largest absolute Gasteiger partial charge is 0.388 e. The summed E-state index contributed by atoms with van der Waals surface area (Å²) in [5.41, 5.74) is -0.477. The molecule has 2 rings (SSSR count). The third-order valence-corrected chi connectivity index (χ3v) is 3.08. The predicted octanol–water partition coefficient (Wildman–Crippen LogP) is 0.137. The van der Waals surface area contributed by atoms with Crippen LogP contribution in [0.5, 0.6) is 0 Å². The van der Waals surface area contributed by atoms with E-state index in [0.29, 0.717) is 5.92 Å². The molecule has 0 aromatic heterocycles. The first-order valence-corrected chi connectivity index (χ1v) is 4.82. The Kier molecular flexibility index (Phi) is 2.35. The van der Waals surface area contributed by atoms with E-state index in [9.17, 15) is 5.11 Å². The third kappa shape index (κ3) is 1.49. The summed E-state index contributed by atoms with van der Waals surface area (Å²) in [5.74, 6) is 0.366. The second-order valence-corrected chi connectivity index (χ2v) is 3.94. The van der Waals surface area contributed by atoms with Gasteiger partial charge in [-0.15, -0.1) is 0 Å². The molecule has 0 spiro atoms. The first-order valence-electron chi connectivity index (χ1n) is 4.82. The summed E-state index contributed by atoms with van der Waals surface area (Å²) in [6.45, 7) is 3.38. The summed E-state index contributed by atoms with van der Waals surface area (Å²) in [6.07, 6.45) is 3.05. The molecule has 0 radical (unpaired) electrons. The smallest absolute Gasteiger partial charge is 0.0822 e. The Bertz CT molecular complexity index is 149. The highest BCUT2D eigenvalue weighted by Gasteiger charge is 2.39. The molecule has 12 heavy (non-hydrogen) atoms. The van der Waals surface area contributed by atoms with E-state index in [1.807, 2.05) is 0 Å². The summed E-state index contributed by atoms with van der Waals surface area (Å²) < 4.78 is 5.29. The van der Waals surface area contributed by atoms with Crippen molar-refractivity contribution in [2.45, 2.75) is 24.9 Å². The molecule has 0 amide bonds. The zero-order chi connectivity index (χ0) is 8.44. The fraction of sp³-hybridized carbons (Fsp3) is 1.00. The fourth-order valence-corrected chi connectivity index (χ4v) is 2.22. The van der Waals surface area contributed by atoms with Gasteiger partial charge in [0.05, 0.1) is 12.2 Å². The Morgan fingerprint density at radius 3 is 3.00 bits per heavy atom. The van der Waals surface area contributed by atoms with Crippen LogP contribution in [0.1, 0.15) is 19.3 Å². The lowest BCUT2D eigenvalue weighted by molar-refractivity contribution is -0.0396. The Hall–Kier alpha value is -0.120. The lowest BCUT2D eigenvalue weighted by Crippen LogP contribution is -2.51. The minimum Gasteiger partial charge on any atom is -0.388 e. The lowest BCUT2D eigenvalue weighted by Gasteiger charge is -2.37. The number of hydrogen-bond donors (Lipinski definition) is 2. The van der Waals surface area contributed by atoms with E-state index in [1.54, 1.807) is 0 Å². The number of piperidine rings is 1.